The molecule has 0 N–H and O–H groups in total. The summed E-state index contributed by atoms with van der Waals surface area (Å²) in [7, 11) is 1.32. The molecule has 1 heterocycles. The number of methoxy groups -OCH3 is 1. The van der Waals surface area contributed by atoms with E-state index in [4.69, 9.17) is 0 Å². The van der Waals surface area contributed by atoms with Gasteiger partial charge in [-0.1, -0.05) is 0 Å². The minimum Gasteiger partial charge on any atom is -0.468 e. The predicted molar refractivity (Wildman–Crippen MR) is 51.8 cm³/mol. The van der Waals surface area contributed by atoms with E-state index in [0.29, 0.717) is 6.54 Å². The van der Waals surface area contributed by atoms with Crippen LogP contribution >= 0.6 is 0 Å². The number of rotatable bonds is 2. The largest absolute Gasteiger partial charge is 0.468 e. The molecule has 1 saturated heterocycles. The van der Waals surface area contributed by atoms with Crippen molar-refractivity contribution in [3.63, 3.8) is 0 Å². The van der Waals surface area contributed by atoms with Gasteiger partial charge in [-0.3, -0.25) is 14.5 Å². The van der Waals surface area contributed by atoms with Gasteiger partial charge < -0.3 is 4.74 Å². The van der Waals surface area contributed by atoms with E-state index in [2.05, 4.69) is 4.74 Å². The number of esters is 1. The minimum absolute atomic E-state index is 0.0296. The van der Waals surface area contributed by atoms with Crippen molar-refractivity contribution in [3.05, 3.63) is 0 Å². The third kappa shape index (κ3) is 1.80. The molecule has 0 bridgehead atoms. The van der Waals surface area contributed by atoms with Crippen molar-refractivity contribution in [3.8, 4) is 0 Å². The second-order valence-corrected chi connectivity index (χ2v) is 3.97. The lowest BCUT2D eigenvalue weighted by Crippen LogP contribution is -2.38. The Labute approximate surface area is 84.2 Å². The van der Waals surface area contributed by atoms with Gasteiger partial charge in [0.25, 0.3) is 0 Å². The number of carbonyl (C=O) groups excluding carboxylic acids is 2. The average molecular weight is 199 g/mol. The topological polar surface area (TPSA) is 46.6 Å². The van der Waals surface area contributed by atoms with Crippen molar-refractivity contribution in [1.29, 1.82) is 0 Å². The highest BCUT2D eigenvalue weighted by Crippen LogP contribution is 2.24. The zero-order valence-corrected chi connectivity index (χ0v) is 9.11. The number of ketones is 1. The van der Waals surface area contributed by atoms with Crippen molar-refractivity contribution in [2.75, 3.05) is 13.7 Å². The molecule has 2 atom stereocenters. The van der Waals surface area contributed by atoms with Crippen LogP contribution in [0.4, 0.5) is 0 Å². The number of ether oxygens (including phenoxy) is 1. The maximum absolute atomic E-state index is 11.6. The molecule has 0 amide bonds. The first kappa shape index (κ1) is 11.2. The van der Waals surface area contributed by atoms with Gasteiger partial charge in [0.2, 0.25) is 0 Å². The molecule has 0 aromatic carbocycles. The highest BCUT2D eigenvalue weighted by molar-refractivity contribution is 6.02. The normalized spacial score (nSPS) is 28.5. The van der Waals surface area contributed by atoms with Crippen LogP contribution in [0.5, 0.6) is 0 Å². The Morgan fingerprint density at radius 3 is 2.50 bits per heavy atom. The molecular formula is C10H17NO3. The van der Waals surface area contributed by atoms with Crippen molar-refractivity contribution < 1.29 is 14.3 Å². The van der Waals surface area contributed by atoms with E-state index in [1.807, 2.05) is 25.7 Å². The van der Waals surface area contributed by atoms with Gasteiger partial charge in [-0.25, -0.2) is 0 Å². The van der Waals surface area contributed by atoms with E-state index in [9.17, 15) is 9.59 Å². The molecule has 0 aliphatic carbocycles. The molecule has 1 aliphatic heterocycles. The van der Waals surface area contributed by atoms with Gasteiger partial charge >= 0.3 is 5.97 Å². The summed E-state index contributed by atoms with van der Waals surface area (Å²) >= 11 is 0. The van der Waals surface area contributed by atoms with Crippen LogP contribution in [0.15, 0.2) is 0 Å². The number of Topliss-reactive ketones (excluding diaryl/α,β-unsaturated/α-hetero) is 1. The Morgan fingerprint density at radius 1 is 1.57 bits per heavy atom. The SMILES string of the molecule is COC(=O)C1C(=O)CN(C(C)C)C1C. The molecule has 0 aromatic rings. The van der Waals surface area contributed by atoms with Gasteiger partial charge in [0.05, 0.1) is 13.7 Å². The van der Waals surface area contributed by atoms with Crippen LogP contribution in [0.25, 0.3) is 0 Å². The molecule has 0 spiro atoms. The van der Waals surface area contributed by atoms with Crippen LogP contribution in [-0.2, 0) is 14.3 Å². The Kier molecular flexibility index (Phi) is 3.26. The number of carbonyl (C=O) groups is 2. The van der Waals surface area contributed by atoms with Crippen LogP contribution in [0.2, 0.25) is 0 Å². The molecule has 1 rings (SSSR count). The average Bonchev–Trinajstić information content (AvgIpc) is 2.41. The molecular weight excluding hydrogens is 182 g/mol. The summed E-state index contributed by atoms with van der Waals surface area (Å²) in [5.74, 6) is -1.04. The van der Waals surface area contributed by atoms with Gasteiger partial charge in [-0.05, 0) is 20.8 Å². The lowest BCUT2D eigenvalue weighted by molar-refractivity contribution is -0.148. The third-order valence-corrected chi connectivity index (χ3v) is 2.81. The van der Waals surface area contributed by atoms with E-state index < -0.39 is 11.9 Å². The molecule has 2 unspecified atom stereocenters. The molecule has 4 nitrogen and oxygen atoms in total. The Bertz CT molecular complexity index is 250. The van der Waals surface area contributed by atoms with Gasteiger partial charge in [0, 0.05) is 12.1 Å². The quantitative estimate of drug-likeness (QED) is 0.479. The first-order chi connectivity index (χ1) is 6.49. The lowest BCUT2D eigenvalue weighted by atomic mass is 10.0. The van der Waals surface area contributed by atoms with Gasteiger partial charge in [0.15, 0.2) is 5.78 Å². The Hall–Kier alpha value is -0.900. The summed E-state index contributed by atoms with van der Waals surface area (Å²) in [6.07, 6.45) is 0. The molecule has 80 valence electrons. The van der Waals surface area contributed by atoms with E-state index in [0.717, 1.165) is 0 Å². The highest BCUT2D eigenvalue weighted by Gasteiger charge is 2.43. The Balaban J connectivity index is 2.80. The number of hydrogen-bond donors (Lipinski definition) is 0. The molecule has 4 heteroatoms. The van der Waals surface area contributed by atoms with Crippen LogP contribution in [0, 0.1) is 5.92 Å². The molecule has 0 aromatic heterocycles. The molecule has 1 aliphatic rings. The second-order valence-electron chi connectivity index (χ2n) is 3.97. The fraction of sp³-hybridized carbons (Fsp3) is 0.800. The molecule has 1 fully saturated rings. The van der Waals surface area contributed by atoms with Gasteiger partial charge in [-0.15, -0.1) is 0 Å². The zero-order chi connectivity index (χ0) is 10.9. The van der Waals surface area contributed by atoms with Crippen LogP contribution in [0.1, 0.15) is 20.8 Å². The maximum Gasteiger partial charge on any atom is 0.317 e. The van der Waals surface area contributed by atoms with E-state index in [-0.39, 0.29) is 17.9 Å². The molecule has 0 radical (unpaired) electrons. The summed E-state index contributed by atoms with van der Waals surface area (Å²) in [6, 6.07) is 0.235. The fourth-order valence-electron chi connectivity index (χ4n) is 1.99. The van der Waals surface area contributed by atoms with Gasteiger partial charge in [-0.2, -0.15) is 0 Å². The van der Waals surface area contributed by atoms with Crippen LogP contribution < -0.4 is 0 Å². The number of hydrogen-bond acceptors (Lipinski definition) is 4. The summed E-state index contributed by atoms with van der Waals surface area (Å²) < 4.78 is 4.62. The standard InChI is InChI=1S/C10H17NO3/c1-6(2)11-5-8(12)9(7(11)3)10(13)14-4/h6-7,9H,5H2,1-4H3. The summed E-state index contributed by atoms with van der Waals surface area (Å²) in [4.78, 5) is 24.9. The van der Waals surface area contributed by atoms with Crippen LogP contribution in [0.3, 0.4) is 0 Å². The summed E-state index contributed by atoms with van der Waals surface area (Å²) in [5.41, 5.74) is 0. The monoisotopic (exact) mass is 199 g/mol. The van der Waals surface area contributed by atoms with Crippen molar-refractivity contribution >= 4 is 11.8 Å². The molecule has 14 heavy (non-hydrogen) atoms. The predicted octanol–water partition coefficient (Wildman–Crippen LogP) is 0.457. The first-order valence-corrected chi connectivity index (χ1v) is 4.85. The van der Waals surface area contributed by atoms with E-state index >= 15 is 0 Å². The van der Waals surface area contributed by atoms with E-state index in [1.165, 1.54) is 7.11 Å². The van der Waals surface area contributed by atoms with Crippen molar-refractivity contribution in [2.24, 2.45) is 5.92 Å². The van der Waals surface area contributed by atoms with E-state index in [1.54, 1.807) is 0 Å². The minimum atomic E-state index is -0.595. The molecule has 0 saturated carbocycles. The maximum atomic E-state index is 11.6. The highest BCUT2D eigenvalue weighted by atomic mass is 16.5. The lowest BCUT2D eigenvalue weighted by Gasteiger charge is -2.25. The van der Waals surface area contributed by atoms with Crippen molar-refractivity contribution in [2.45, 2.75) is 32.9 Å². The summed E-state index contributed by atoms with van der Waals surface area (Å²) in [6.45, 7) is 6.29. The third-order valence-electron chi connectivity index (χ3n) is 2.81. The fourth-order valence-corrected chi connectivity index (χ4v) is 1.99. The number of nitrogens with zero attached hydrogens (tertiary/aromatic N) is 1. The Morgan fingerprint density at radius 2 is 2.14 bits per heavy atom. The summed E-state index contributed by atoms with van der Waals surface area (Å²) in [5, 5.41) is 0. The zero-order valence-electron chi connectivity index (χ0n) is 9.11. The van der Waals surface area contributed by atoms with Crippen molar-refractivity contribution in [1.82, 2.24) is 4.90 Å². The van der Waals surface area contributed by atoms with Crippen LogP contribution in [-0.4, -0.2) is 42.4 Å². The second kappa shape index (κ2) is 4.09. The number of likely N-dealkylation sites (tertiary alicyclic amines) is 1. The smallest absolute Gasteiger partial charge is 0.317 e. The van der Waals surface area contributed by atoms with Gasteiger partial charge in [0.1, 0.15) is 5.92 Å². The first-order valence-electron chi connectivity index (χ1n) is 4.85.